The predicted octanol–water partition coefficient (Wildman–Crippen LogP) is 5.39. The van der Waals surface area contributed by atoms with E-state index in [9.17, 15) is 26.3 Å². The molecule has 1 N–H and O–H groups in total. The van der Waals surface area contributed by atoms with Crippen LogP contribution in [0.25, 0.3) is 0 Å². The van der Waals surface area contributed by atoms with Crippen LogP contribution in [-0.4, -0.2) is 13.1 Å². The molecule has 0 spiro atoms. The highest BCUT2D eigenvalue weighted by atomic mass is 19.4. The molecule has 2 aromatic carbocycles. The highest BCUT2D eigenvalue weighted by molar-refractivity contribution is 5.43. The van der Waals surface area contributed by atoms with Crippen LogP contribution in [0.15, 0.2) is 48.5 Å². The van der Waals surface area contributed by atoms with Crippen molar-refractivity contribution in [3.63, 3.8) is 0 Å². The Morgan fingerprint density at radius 1 is 0.692 bits per heavy atom. The quantitative estimate of drug-likeness (QED) is 0.696. The molecular formula is C19H17F6N. The lowest BCUT2D eigenvalue weighted by molar-refractivity contribution is -0.138. The first-order valence-corrected chi connectivity index (χ1v) is 8.19. The van der Waals surface area contributed by atoms with Crippen LogP contribution in [0.5, 0.6) is 0 Å². The molecule has 0 saturated carbocycles. The molecule has 0 radical (unpaired) electrons. The summed E-state index contributed by atoms with van der Waals surface area (Å²) in [5.41, 5.74) is -0.804. The molecule has 3 rings (SSSR count). The maximum absolute atomic E-state index is 12.8. The Kier molecular flexibility index (Phi) is 4.77. The summed E-state index contributed by atoms with van der Waals surface area (Å²) in [6.45, 7) is 1.23. The van der Waals surface area contributed by atoms with Crippen LogP contribution in [0, 0.1) is 0 Å². The fourth-order valence-electron chi connectivity index (χ4n) is 3.52. The Morgan fingerprint density at radius 3 is 1.42 bits per heavy atom. The van der Waals surface area contributed by atoms with Crippen molar-refractivity contribution in [2.45, 2.75) is 30.6 Å². The Balaban J connectivity index is 2.02. The fourth-order valence-corrected chi connectivity index (χ4v) is 3.52. The highest BCUT2D eigenvalue weighted by Gasteiger charge is 2.38. The van der Waals surface area contributed by atoms with Crippen LogP contribution >= 0.6 is 0 Å². The second-order valence-electron chi connectivity index (χ2n) is 6.51. The van der Waals surface area contributed by atoms with Crippen molar-refractivity contribution in [3.8, 4) is 0 Å². The third-order valence-corrected chi connectivity index (χ3v) is 4.91. The van der Waals surface area contributed by atoms with Gasteiger partial charge < -0.3 is 5.32 Å². The Morgan fingerprint density at radius 2 is 1.12 bits per heavy atom. The minimum Gasteiger partial charge on any atom is -0.316 e. The van der Waals surface area contributed by atoms with Gasteiger partial charge >= 0.3 is 12.4 Å². The standard InChI is InChI=1S/C19H17F6N/c20-18(21,22)15-6-2-13(3-7-15)17(10-1-11-26-12-17)14-4-8-16(9-5-14)19(23,24)25/h2-9,26H,1,10-12H2. The van der Waals surface area contributed by atoms with Crippen molar-refractivity contribution in [1.82, 2.24) is 5.32 Å². The SMILES string of the molecule is FC(F)(F)c1ccc(C2(c3ccc(C(F)(F)F)cc3)CCCNC2)cc1. The summed E-state index contributed by atoms with van der Waals surface area (Å²) in [6, 6.07) is 9.79. The van der Waals surface area contributed by atoms with Gasteiger partial charge in [0.2, 0.25) is 0 Å². The molecule has 2 aromatic rings. The number of hydrogen-bond donors (Lipinski definition) is 1. The van der Waals surface area contributed by atoms with Crippen molar-refractivity contribution in [3.05, 3.63) is 70.8 Å². The van der Waals surface area contributed by atoms with Gasteiger partial charge in [0.1, 0.15) is 0 Å². The van der Waals surface area contributed by atoms with Crippen molar-refractivity contribution in [1.29, 1.82) is 0 Å². The van der Waals surface area contributed by atoms with E-state index < -0.39 is 28.9 Å². The number of piperidine rings is 1. The predicted molar refractivity (Wildman–Crippen MR) is 85.8 cm³/mol. The molecule has 140 valence electrons. The first-order chi connectivity index (χ1) is 12.1. The van der Waals surface area contributed by atoms with Gasteiger partial charge in [0.05, 0.1) is 11.1 Å². The van der Waals surface area contributed by atoms with E-state index in [1.807, 2.05) is 0 Å². The lowest BCUT2D eigenvalue weighted by Gasteiger charge is -2.39. The van der Waals surface area contributed by atoms with E-state index in [1.54, 1.807) is 0 Å². The summed E-state index contributed by atoms with van der Waals surface area (Å²) in [5.74, 6) is 0. The number of benzene rings is 2. The zero-order valence-corrected chi connectivity index (χ0v) is 13.7. The first kappa shape index (κ1) is 18.8. The third kappa shape index (κ3) is 3.58. The maximum atomic E-state index is 12.8. The van der Waals surface area contributed by atoms with Gasteiger partial charge in [-0.3, -0.25) is 0 Å². The molecule has 0 atom stereocenters. The number of nitrogens with one attached hydrogen (secondary N) is 1. The Hall–Kier alpha value is -2.02. The van der Waals surface area contributed by atoms with Gasteiger partial charge in [-0.1, -0.05) is 24.3 Å². The van der Waals surface area contributed by atoms with Crippen molar-refractivity contribution >= 4 is 0 Å². The van der Waals surface area contributed by atoms with Gasteiger partial charge in [0.25, 0.3) is 0 Å². The van der Waals surface area contributed by atoms with Gasteiger partial charge in [-0.15, -0.1) is 0 Å². The second-order valence-corrected chi connectivity index (χ2v) is 6.51. The fraction of sp³-hybridized carbons (Fsp3) is 0.368. The molecule has 1 saturated heterocycles. The molecule has 0 bridgehead atoms. The number of rotatable bonds is 2. The van der Waals surface area contributed by atoms with Gasteiger partial charge in [0, 0.05) is 12.0 Å². The molecule has 1 aliphatic heterocycles. The number of halogens is 6. The maximum Gasteiger partial charge on any atom is 0.416 e. The summed E-state index contributed by atoms with van der Waals surface area (Å²) in [6.07, 6.45) is -7.42. The van der Waals surface area contributed by atoms with Crippen LogP contribution in [0.4, 0.5) is 26.3 Å². The molecule has 0 aliphatic carbocycles. The zero-order chi connectivity index (χ0) is 19.0. The number of alkyl halides is 6. The smallest absolute Gasteiger partial charge is 0.316 e. The van der Waals surface area contributed by atoms with Crippen LogP contribution in [0.2, 0.25) is 0 Å². The van der Waals surface area contributed by atoms with Gasteiger partial charge in [-0.25, -0.2) is 0 Å². The normalized spacial score (nSPS) is 17.9. The van der Waals surface area contributed by atoms with Crippen LogP contribution in [-0.2, 0) is 17.8 Å². The topological polar surface area (TPSA) is 12.0 Å². The lowest BCUT2D eigenvalue weighted by atomic mass is 9.69. The zero-order valence-electron chi connectivity index (χ0n) is 13.7. The largest absolute Gasteiger partial charge is 0.416 e. The van der Waals surface area contributed by atoms with E-state index in [1.165, 1.54) is 24.3 Å². The molecule has 1 aliphatic rings. The van der Waals surface area contributed by atoms with Crippen LogP contribution in [0.3, 0.4) is 0 Å². The molecule has 0 amide bonds. The molecule has 1 fully saturated rings. The average molecular weight is 373 g/mol. The van der Waals surface area contributed by atoms with E-state index >= 15 is 0 Å². The van der Waals surface area contributed by atoms with Crippen LogP contribution in [0.1, 0.15) is 35.1 Å². The van der Waals surface area contributed by atoms with E-state index in [0.29, 0.717) is 24.1 Å². The van der Waals surface area contributed by atoms with E-state index in [0.717, 1.165) is 37.2 Å². The molecule has 1 nitrogen and oxygen atoms in total. The van der Waals surface area contributed by atoms with Gasteiger partial charge in [-0.05, 0) is 54.8 Å². The molecule has 0 unspecified atom stereocenters. The van der Waals surface area contributed by atoms with Crippen molar-refractivity contribution < 1.29 is 26.3 Å². The average Bonchev–Trinajstić information content (AvgIpc) is 2.61. The summed E-state index contributed by atoms with van der Waals surface area (Å²) < 4.78 is 76.9. The summed E-state index contributed by atoms with van der Waals surface area (Å²) in [5, 5.41) is 3.22. The van der Waals surface area contributed by atoms with Crippen LogP contribution < -0.4 is 5.32 Å². The van der Waals surface area contributed by atoms with E-state index in [2.05, 4.69) is 5.32 Å². The first-order valence-electron chi connectivity index (χ1n) is 8.19. The summed E-state index contributed by atoms with van der Waals surface area (Å²) >= 11 is 0. The van der Waals surface area contributed by atoms with Crippen molar-refractivity contribution in [2.75, 3.05) is 13.1 Å². The van der Waals surface area contributed by atoms with Crippen molar-refractivity contribution in [2.24, 2.45) is 0 Å². The Bertz CT molecular complexity index is 678. The minimum atomic E-state index is -4.43. The molecule has 7 heteroatoms. The highest BCUT2D eigenvalue weighted by Crippen LogP contribution is 2.40. The molecule has 0 aromatic heterocycles. The van der Waals surface area contributed by atoms with Gasteiger partial charge in [0.15, 0.2) is 0 Å². The summed E-state index contributed by atoms with van der Waals surface area (Å²) in [7, 11) is 0. The lowest BCUT2D eigenvalue weighted by Crippen LogP contribution is -2.44. The molecular weight excluding hydrogens is 356 g/mol. The number of hydrogen-bond acceptors (Lipinski definition) is 1. The monoisotopic (exact) mass is 373 g/mol. The Labute approximate surface area is 147 Å². The molecule has 1 heterocycles. The van der Waals surface area contributed by atoms with Gasteiger partial charge in [-0.2, -0.15) is 26.3 Å². The molecule has 26 heavy (non-hydrogen) atoms. The minimum absolute atomic E-state index is 0.462. The van der Waals surface area contributed by atoms with E-state index in [-0.39, 0.29) is 0 Å². The summed E-state index contributed by atoms with van der Waals surface area (Å²) in [4.78, 5) is 0. The van der Waals surface area contributed by atoms with E-state index in [4.69, 9.17) is 0 Å². The second kappa shape index (κ2) is 6.61. The third-order valence-electron chi connectivity index (χ3n) is 4.91.